The van der Waals surface area contributed by atoms with E-state index in [1.165, 1.54) is 32.8 Å². The Morgan fingerprint density at radius 1 is 1.23 bits per heavy atom. The van der Waals surface area contributed by atoms with Crippen LogP contribution >= 0.6 is 0 Å². The fraction of sp³-hybridized carbons (Fsp3) is 0.727. The topological polar surface area (TPSA) is 26.3 Å². The van der Waals surface area contributed by atoms with Crippen LogP contribution in [0.15, 0.2) is 12.2 Å². The zero-order valence-corrected chi connectivity index (χ0v) is 8.77. The first-order valence-corrected chi connectivity index (χ1v) is 4.98. The van der Waals surface area contributed by atoms with Gasteiger partial charge in [-0.2, -0.15) is 0 Å². The Kier molecular flexibility index (Phi) is 7.36. The minimum Gasteiger partial charge on any atom is -0.466 e. The third-order valence-electron chi connectivity index (χ3n) is 2.06. The van der Waals surface area contributed by atoms with E-state index in [0.29, 0.717) is 5.57 Å². The maximum Gasteiger partial charge on any atom is 0.333 e. The Morgan fingerprint density at radius 3 is 2.38 bits per heavy atom. The summed E-state index contributed by atoms with van der Waals surface area (Å²) in [6.07, 6.45) is 6.79. The maximum absolute atomic E-state index is 10.9. The van der Waals surface area contributed by atoms with Gasteiger partial charge >= 0.3 is 5.97 Å². The van der Waals surface area contributed by atoms with E-state index in [-0.39, 0.29) is 5.97 Å². The smallest absolute Gasteiger partial charge is 0.333 e. The van der Waals surface area contributed by atoms with Crippen molar-refractivity contribution in [3.63, 3.8) is 0 Å². The number of hydrogen-bond donors (Lipinski definition) is 0. The average Bonchev–Trinajstić information content (AvgIpc) is 2.16. The van der Waals surface area contributed by atoms with Crippen molar-refractivity contribution in [2.24, 2.45) is 0 Å². The van der Waals surface area contributed by atoms with Gasteiger partial charge < -0.3 is 4.74 Å². The minimum atomic E-state index is -0.268. The Labute approximate surface area is 81.0 Å². The first-order chi connectivity index (χ1) is 6.22. The third-order valence-corrected chi connectivity index (χ3v) is 2.06. The number of ether oxygens (including phenoxy) is 1. The van der Waals surface area contributed by atoms with E-state index in [0.717, 1.165) is 12.8 Å². The van der Waals surface area contributed by atoms with Crippen LogP contribution in [-0.2, 0) is 9.53 Å². The minimum absolute atomic E-state index is 0.268. The summed E-state index contributed by atoms with van der Waals surface area (Å²) in [4.78, 5) is 10.9. The van der Waals surface area contributed by atoms with Crippen molar-refractivity contribution in [1.82, 2.24) is 0 Å². The van der Waals surface area contributed by atoms with E-state index >= 15 is 0 Å². The lowest BCUT2D eigenvalue weighted by Crippen LogP contribution is -2.03. The van der Waals surface area contributed by atoms with Crippen molar-refractivity contribution in [2.45, 2.75) is 45.4 Å². The van der Waals surface area contributed by atoms with Crippen LogP contribution in [-0.4, -0.2) is 13.1 Å². The van der Waals surface area contributed by atoms with Gasteiger partial charge in [0.25, 0.3) is 0 Å². The molecule has 0 aromatic heterocycles. The van der Waals surface area contributed by atoms with Crippen molar-refractivity contribution in [2.75, 3.05) is 7.11 Å². The highest BCUT2D eigenvalue weighted by atomic mass is 16.5. The van der Waals surface area contributed by atoms with Gasteiger partial charge in [0.2, 0.25) is 0 Å². The first-order valence-electron chi connectivity index (χ1n) is 4.98. The fourth-order valence-corrected chi connectivity index (χ4v) is 1.19. The quantitative estimate of drug-likeness (QED) is 0.345. The standard InChI is InChI=1S/C11H20O2/c1-4-5-6-7-8-9-10(2)11(12)13-3/h2,4-9H2,1,3H3. The lowest BCUT2D eigenvalue weighted by molar-refractivity contribution is -0.136. The molecule has 2 heteroatoms. The summed E-state index contributed by atoms with van der Waals surface area (Å²) < 4.78 is 4.55. The van der Waals surface area contributed by atoms with Gasteiger partial charge in [-0.3, -0.25) is 0 Å². The number of hydrogen-bond acceptors (Lipinski definition) is 2. The van der Waals surface area contributed by atoms with Gasteiger partial charge in [-0.1, -0.05) is 39.2 Å². The molecule has 0 aromatic carbocycles. The van der Waals surface area contributed by atoms with Gasteiger partial charge in [-0.15, -0.1) is 0 Å². The number of esters is 1. The molecule has 0 radical (unpaired) electrons. The molecule has 0 spiro atoms. The Morgan fingerprint density at radius 2 is 1.85 bits per heavy atom. The van der Waals surface area contributed by atoms with Gasteiger partial charge in [-0.05, 0) is 12.8 Å². The lowest BCUT2D eigenvalue weighted by atomic mass is 10.1. The molecule has 0 rings (SSSR count). The van der Waals surface area contributed by atoms with Crippen molar-refractivity contribution >= 4 is 5.97 Å². The third kappa shape index (κ3) is 6.38. The van der Waals surface area contributed by atoms with Crippen LogP contribution in [0, 0.1) is 0 Å². The summed E-state index contributed by atoms with van der Waals surface area (Å²) in [5.74, 6) is -0.268. The average molecular weight is 184 g/mol. The highest BCUT2D eigenvalue weighted by molar-refractivity contribution is 5.87. The van der Waals surface area contributed by atoms with Gasteiger partial charge in [0.1, 0.15) is 0 Å². The molecule has 0 amide bonds. The molecule has 0 N–H and O–H groups in total. The van der Waals surface area contributed by atoms with Crippen LogP contribution in [0.5, 0.6) is 0 Å². The van der Waals surface area contributed by atoms with Crippen LogP contribution < -0.4 is 0 Å². The Hall–Kier alpha value is -0.790. The largest absolute Gasteiger partial charge is 0.466 e. The lowest BCUT2D eigenvalue weighted by Gasteiger charge is -2.02. The van der Waals surface area contributed by atoms with Gasteiger partial charge in [0.05, 0.1) is 7.11 Å². The first kappa shape index (κ1) is 12.2. The van der Waals surface area contributed by atoms with E-state index < -0.39 is 0 Å². The highest BCUT2D eigenvalue weighted by Crippen LogP contribution is 2.10. The molecule has 0 saturated carbocycles. The monoisotopic (exact) mass is 184 g/mol. The summed E-state index contributed by atoms with van der Waals surface area (Å²) in [5, 5.41) is 0. The number of carbonyl (C=O) groups is 1. The number of rotatable bonds is 7. The van der Waals surface area contributed by atoms with Crippen LogP contribution in [0.1, 0.15) is 45.4 Å². The molecule has 0 aliphatic heterocycles. The molecule has 0 fully saturated rings. The van der Waals surface area contributed by atoms with Crippen molar-refractivity contribution in [1.29, 1.82) is 0 Å². The second-order valence-corrected chi connectivity index (χ2v) is 3.26. The summed E-state index contributed by atoms with van der Waals surface area (Å²) >= 11 is 0. The molecule has 0 saturated heterocycles. The molecular weight excluding hydrogens is 164 g/mol. The fourth-order valence-electron chi connectivity index (χ4n) is 1.19. The predicted octanol–water partition coefficient (Wildman–Crippen LogP) is 3.08. The molecule has 0 heterocycles. The van der Waals surface area contributed by atoms with E-state index in [9.17, 15) is 4.79 Å². The molecule has 13 heavy (non-hydrogen) atoms. The van der Waals surface area contributed by atoms with Gasteiger partial charge in [0.15, 0.2) is 0 Å². The number of methoxy groups -OCH3 is 1. The second kappa shape index (κ2) is 7.84. The van der Waals surface area contributed by atoms with E-state index in [2.05, 4.69) is 18.2 Å². The van der Waals surface area contributed by atoms with E-state index in [1.54, 1.807) is 0 Å². The SMILES string of the molecule is C=C(CCCCCCC)C(=O)OC. The van der Waals surface area contributed by atoms with Gasteiger partial charge in [-0.25, -0.2) is 4.79 Å². The molecule has 0 unspecified atom stereocenters. The zero-order valence-electron chi connectivity index (χ0n) is 8.77. The summed E-state index contributed by atoms with van der Waals surface area (Å²) in [7, 11) is 1.39. The highest BCUT2D eigenvalue weighted by Gasteiger charge is 2.04. The Bertz CT molecular complexity index is 161. The van der Waals surface area contributed by atoms with Gasteiger partial charge in [0, 0.05) is 5.57 Å². The van der Waals surface area contributed by atoms with Crippen molar-refractivity contribution in [3.8, 4) is 0 Å². The maximum atomic E-state index is 10.9. The molecule has 76 valence electrons. The van der Waals surface area contributed by atoms with Crippen LogP contribution in [0.3, 0.4) is 0 Å². The molecule has 0 aromatic rings. The van der Waals surface area contributed by atoms with Crippen molar-refractivity contribution in [3.05, 3.63) is 12.2 Å². The molecule has 0 atom stereocenters. The van der Waals surface area contributed by atoms with Crippen molar-refractivity contribution < 1.29 is 9.53 Å². The Balaban J connectivity index is 3.32. The normalized spacial score (nSPS) is 9.69. The number of unbranched alkanes of at least 4 members (excludes halogenated alkanes) is 4. The van der Waals surface area contributed by atoms with Crippen LogP contribution in [0.2, 0.25) is 0 Å². The zero-order chi connectivity index (χ0) is 10.1. The predicted molar refractivity (Wildman–Crippen MR) is 54.5 cm³/mol. The summed E-state index contributed by atoms with van der Waals surface area (Å²) in [5.41, 5.74) is 0.596. The molecule has 0 bridgehead atoms. The van der Waals surface area contributed by atoms with Crippen LogP contribution in [0.25, 0.3) is 0 Å². The van der Waals surface area contributed by atoms with Crippen LogP contribution in [0.4, 0.5) is 0 Å². The number of carbonyl (C=O) groups excluding carboxylic acids is 1. The molecule has 0 aliphatic carbocycles. The molecule has 2 nitrogen and oxygen atoms in total. The summed E-state index contributed by atoms with van der Waals surface area (Å²) in [6.45, 7) is 5.86. The molecular formula is C11H20O2. The van der Waals surface area contributed by atoms with E-state index in [4.69, 9.17) is 0 Å². The second-order valence-electron chi connectivity index (χ2n) is 3.26. The summed E-state index contributed by atoms with van der Waals surface area (Å²) in [6, 6.07) is 0. The molecule has 0 aliphatic rings. The van der Waals surface area contributed by atoms with E-state index in [1.807, 2.05) is 0 Å².